The van der Waals surface area contributed by atoms with Crippen LogP contribution in [0.15, 0.2) is 58.4 Å². The predicted molar refractivity (Wildman–Crippen MR) is 106 cm³/mol. The zero-order valence-electron chi connectivity index (χ0n) is 15.3. The molecule has 1 aromatic carbocycles. The zero-order chi connectivity index (χ0) is 19.1. The first-order chi connectivity index (χ1) is 13.7. The minimum absolute atomic E-state index is 0.0308. The van der Waals surface area contributed by atoms with Gasteiger partial charge in [0.25, 0.3) is 5.78 Å². The number of aryl methyl sites for hydroxylation is 1. The number of benzene rings is 1. The number of carbonyl (C=O) groups is 1. The van der Waals surface area contributed by atoms with Gasteiger partial charge in [0, 0.05) is 30.7 Å². The summed E-state index contributed by atoms with van der Waals surface area (Å²) in [6.07, 6.45) is 4.50. The molecule has 0 saturated heterocycles. The van der Waals surface area contributed by atoms with Gasteiger partial charge in [-0.15, -0.1) is 5.10 Å². The lowest BCUT2D eigenvalue weighted by atomic mass is 9.85. The van der Waals surface area contributed by atoms with Crippen molar-refractivity contribution in [2.24, 2.45) is 0 Å². The Morgan fingerprint density at radius 3 is 2.82 bits per heavy atom. The third-order valence-electron chi connectivity index (χ3n) is 5.00. The molecule has 0 bridgehead atoms. The van der Waals surface area contributed by atoms with Gasteiger partial charge in [-0.2, -0.15) is 4.98 Å². The van der Waals surface area contributed by atoms with Crippen molar-refractivity contribution in [2.75, 3.05) is 0 Å². The van der Waals surface area contributed by atoms with Crippen LogP contribution in [0.5, 0.6) is 0 Å². The van der Waals surface area contributed by atoms with Gasteiger partial charge in [-0.25, -0.2) is 9.50 Å². The first kappa shape index (κ1) is 17.2. The van der Waals surface area contributed by atoms with Gasteiger partial charge in [0.05, 0.1) is 17.5 Å². The molecule has 0 spiro atoms. The highest BCUT2D eigenvalue weighted by atomic mass is 32.2. The summed E-state index contributed by atoms with van der Waals surface area (Å²) in [4.78, 5) is 21.8. The second-order valence-corrected chi connectivity index (χ2v) is 8.00. The van der Waals surface area contributed by atoms with E-state index >= 15 is 0 Å². The van der Waals surface area contributed by atoms with Crippen molar-refractivity contribution < 1.29 is 9.21 Å². The quantitative estimate of drug-likeness (QED) is 0.486. The van der Waals surface area contributed by atoms with Crippen LogP contribution in [0.25, 0.3) is 5.78 Å². The third kappa shape index (κ3) is 3.22. The van der Waals surface area contributed by atoms with Gasteiger partial charge in [-0.1, -0.05) is 41.6 Å². The van der Waals surface area contributed by atoms with Crippen molar-refractivity contribution in [3.63, 3.8) is 0 Å². The van der Waals surface area contributed by atoms with E-state index in [1.54, 1.807) is 28.7 Å². The van der Waals surface area contributed by atoms with E-state index in [0.29, 0.717) is 29.3 Å². The molecule has 7 heteroatoms. The average Bonchev–Trinajstić information content (AvgIpc) is 3.35. The average molecular weight is 390 g/mol. The van der Waals surface area contributed by atoms with Gasteiger partial charge in [-0.3, -0.25) is 4.79 Å². The Morgan fingerprint density at radius 1 is 1.18 bits per heavy atom. The highest BCUT2D eigenvalue weighted by molar-refractivity contribution is 7.98. The molecular formula is C21H18N4O2S. The predicted octanol–water partition coefficient (Wildman–Crippen LogP) is 4.23. The van der Waals surface area contributed by atoms with Gasteiger partial charge in [0.1, 0.15) is 5.76 Å². The molecular weight excluding hydrogens is 372 g/mol. The van der Waals surface area contributed by atoms with Crippen LogP contribution < -0.4 is 0 Å². The number of carbonyl (C=O) groups excluding carboxylic acids is 1. The van der Waals surface area contributed by atoms with Gasteiger partial charge in [-0.05, 0) is 24.6 Å². The molecule has 6 nitrogen and oxygen atoms in total. The molecule has 0 unspecified atom stereocenters. The SMILES string of the molecule is Cc1ccc(CSc2nc3nc4c(cn3n2)C(=O)C[C@@H](c2ccco2)C4)cc1. The van der Waals surface area contributed by atoms with E-state index in [-0.39, 0.29) is 11.7 Å². The Hall–Kier alpha value is -2.93. The van der Waals surface area contributed by atoms with Crippen LogP contribution in [-0.4, -0.2) is 25.4 Å². The van der Waals surface area contributed by atoms with E-state index in [1.807, 2.05) is 12.1 Å². The van der Waals surface area contributed by atoms with E-state index in [4.69, 9.17) is 4.42 Å². The van der Waals surface area contributed by atoms with Crippen LogP contribution in [0.4, 0.5) is 0 Å². The number of hydrogen-bond donors (Lipinski definition) is 0. The minimum atomic E-state index is 0.0308. The molecule has 0 N–H and O–H groups in total. The Labute approximate surface area is 166 Å². The molecule has 3 aromatic heterocycles. The number of hydrogen-bond acceptors (Lipinski definition) is 6. The number of furan rings is 1. The van der Waals surface area contributed by atoms with E-state index in [2.05, 4.69) is 46.3 Å². The molecule has 1 aliphatic rings. The minimum Gasteiger partial charge on any atom is -0.469 e. The fourth-order valence-electron chi connectivity index (χ4n) is 3.48. The first-order valence-electron chi connectivity index (χ1n) is 9.17. The Bertz CT molecular complexity index is 1150. The first-order valence-corrected chi connectivity index (χ1v) is 10.2. The number of Topliss-reactive ketones (excluding diaryl/α,β-unsaturated/α-hetero) is 1. The summed E-state index contributed by atoms with van der Waals surface area (Å²) in [7, 11) is 0. The zero-order valence-corrected chi connectivity index (χ0v) is 16.1. The Balaban J connectivity index is 1.40. The monoisotopic (exact) mass is 390 g/mol. The fourth-order valence-corrected chi connectivity index (χ4v) is 4.26. The number of fused-ring (bicyclic) bond motifs is 2. The van der Waals surface area contributed by atoms with Crippen LogP contribution in [0.2, 0.25) is 0 Å². The summed E-state index contributed by atoms with van der Waals surface area (Å²) in [6.45, 7) is 2.08. The maximum atomic E-state index is 12.6. The van der Waals surface area contributed by atoms with Crippen molar-refractivity contribution in [2.45, 2.75) is 36.6 Å². The molecule has 0 saturated carbocycles. The summed E-state index contributed by atoms with van der Waals surface area (Å²) in [6, 6.07) is 12.2. The lowest BCUT2D eigenvalue weighted by Crippen LogP contribution is -2.21. The molecule has 1 atom stereocenters. The second-order valence-electron chi connectivity index (χ2n) is 7.06. The third-order valence-corrected chi connectivity index (χ3v) is 5.91. The standard InChI is InChI=1S/C21H18N4O2S/c1-13-4-6-14(7-5-13)12-28-21-23-20-22-17-9-15(19-3-2-8-27-19)10-18(26)16(17)11-25(20)24-21/h2-8,11,15H,9-10,12H2,1H3/t15-/m0/s1. The van der Waals surface area contributed by atoms with Crippen molar-refractivity contribution in [3.05, 3.63) is 77.0 Å². The molecule has 3 heterocycles. The summed E-state index contributed by atoms with van der Waals surface area (Å²) < 4.78 is 7.11. The smallest absolute Gasteiger partial charge is 0.253 e. The van der Waals surface area contributed by atoms with Crippen LogP contribution in [0.3, 0.4) is 0 Å². The van der Waals surface area contributed by atoms with E-state index in [9.17, 15) is 4.79 Å². The van der Waals surface area contributed by atoms with Crippen molar-refractivity contribution in [1.82, 2.24) is 19.6 Å². The number of nitrogens with zero attached hydrogens (tertiary/aromatic N) is 4. The summed E-state index contributed by atoms with van der Waals surface area (Å²) >= 11 is 1.56. The van der Waals surface area contributed by atoms with Crippen molar-refractivity contribution in [1.29, 1.82) is 0 Å². The molecule has 5 rings (SSSR count). The molecule has 28 heavy (non-hydrogen) atoms. The number of thioether (sulfide) groups is 1. The topological polar surface area (TPSA) is 73.3 Å². The van der Waals surface area contributed by atoms with E-state index in [0.717, 1.165) is 17.2 Å². The summed E-state index contributed by atoms with van der Waals surface area (Å²) in [5.74, 6) is 2.25. The fraction of sp³-hybridized carbons (Fsp3) is 0.238. The van der Waals surface area contributed by atoms with E-state index < -0.39 is 0 Å². The lowest BCUT2D eigenvalue weighted by Gasteiger charge is -2.20. The Morgan fingerprint density at radius 2 is 2.04 bits per heavy atom. The summed E-state index contributed by atoms with van der Waals surface area (Å²) in [5.41, 5.74) is 3.87. The Kier molecular flexibility index (Phi) is 4.24. The van der Waals surface area contributed by atoms with Crippen molar-refractivity contribution in [3.8, 4) is 0 Å². The van der Waals surface area contributed by atoms with Crippen LogP contribution >= 0.6 is 11.8 Å². The van der Waals surface area contributed by atoms with Crippen LogP contribution in [0.1, 0.15) is 45.3 Å². The van der Waals surface area contributed by atoms with Crippen molar-refractivity contribution >= 4 is 23.3 Å². The number of rotatable bonds is 4. The molecule has 0 radical (unpaired) electrons. The highest BCUT2D eigenvalue weighted by Gasteiger charge is 2.30. The number of aromatic nitrogens is 4. The van der Waals surface area contributed by atoms with Gasteiger partial charge in [0.15, 0.2) is 5.78 Å². The van der Waals surface area contributed by atoms with Gasteiger partial charge >= 0.3 is 0 Å². The molecule has 0 fully saturated rings. The largest absolute Gasteiger partial charge is 0.469 e. The summed E-state index contributed by atoms with van der Waals surface area (Å²) in [5, 5.41) is 5.15. The maximum absolute atomic E-state index is 12.6. The lowest BCUT2D eigenvalue weighted by molar-refractivity contribution is 0.0958. The van der Waals surface area contributed by atoms with Gasteiger partial charge in [0.2, 0.25) is 5.16 Å². The van der Waals surface area contributed by atoms with E-state index in [1.165, 1.54) is 11.1 Å². The molecule has 4 aromatic rings. The van der Waals surface area contributed by atoms with Crippen LogP contribution in [0, 0.1) is 6.92 Å². The molecule has 0 amide bonds. The number of ketones is 1. The second kappa shape index (κ2) is 6.91. The maximum Gasteiger partial charge on any atom is 0.253 e. The highest BCUT2D eigenvalue weighted by Crippen LogP contribution is 2.32. The molecule has 1 aliphatic carbocycles. The van der Waals surface area contributed by atoms with Gasteiger partial charge < -0.3 is 4.42 Å². The van der Waals surface area contributed by atoms with Crippen LogP contribution in [-0.2, 0) is 12.2 Å². The molecule has 0 aliphatic heterocycles. The normalized spacial score (nSPS) is 16.5. The molecule has 140 valence electrons.